The Kier molecular flexibility index (Phi) is 8.11. The van der Waals surface area contributed by atoms with E-state index in [4.69, 9.17) is 9.22 Å². The normalized spacial score (nSPS) is 13.3. The summed E-state index contributed by atoms with van der Waals surface area (Å²) in [6.45, 7) is 23.3. The number of phenols is 1. The molecule has 0 bridgehead atoms. The Morgan fingerprint density at radius 1 is 0.840 bits per heavy atom. The van der Waals surface area contributed by atoms with Gasteiger partial charge in [-0.25, -0.2) is 8.78 Å². The number of rotatable bonds is 2. The largest absolute Gasteiger partial charge is 0.503 e. The van der Waals surface area contributed by atoms with E-state index in [2.05, 4.69) is 83.7 Å². The molecular weight excluding hydrogens is 422 g/mol. The maximum absolute atomic E-state index is 12.3. The van der Waals surface area contributed by atoms with Gasteiger partial charge in [0.15, 0.2) is 34.0 Å². The molecule has 0 atom stereocenters. The molecule has 0 aliphatic carbocycles. The second kappa shape index (κ2) is 8.19. The van der Waals surface area contributed by atoms with E-state index in [1.54, 1.807) is 0 Å². The standard InChI is InChI=1S/C12H30OSi2.C6H3BrF2O/c1-11(2,3)14(7,8)13-15(9,10)12(4,5)6;7-3-1-4(8)6(10)5(9)2-3/h1-10H3;1-2,10H. The summed E-state index contributed by atoms with van der Waals surface area (Å²) in [6, 6.07) is 1.97. The predicted molar refractivity (Wildman–Crippen MR) is 111 cm³/mol. The molecule has 7 heteroatoms. The molecule has 146 valence electrons. The molecule has 0 unspecified atom stereocenters. The lowest BCUT2D eigenvalue weighted by atomic mass is 10.2. The monoisotopic (exact) mass is 454 g/mol. The quantitative estimate of drug-likeness (QED) is 0.470. The molecule has 0 saturated carbocycles. The average Bonchev–Trinajstić information content (AvgIpc) is 2.32. The summed E-state index contributed by atoms with van der Waals surface area (Å²) < 4.78 is 31.5. The summed E-state index contributed by atoms with van der Waals surface area (Å²) in [5.74, 6) is -2.87. The Balaban J connectivity index is 0.000000496. The van der Waals surface area contributed by atoms with E-state index in [0.717, 1.165) is 12.1 Å². The van der Waals surface area contributed by atoms with E-state index in [-0.39, 0.29) is 4.47 Å². The zero-order chi connectivity index (χ0) is 20.4. The van der Waals surface area contributed by atoms with Gasteiger partial charge < -0.3 is 9.22 Å². The van der Waals surface area contributed by atoms with Crippen molar-refractivity contribution >= 4 is 32.6 Å². The van der Waals surface area contributed by atoms with E-state index in [1.807, 2.05) is 0 Å². The van der Waals surface area contributed by atoms with E-state index in [0.29, 0.717) is 10.1 Å². The summed E-state index contributed by atoms with van der Waals surface area (Å²) in [6.07, 6.45) is 0. The molecular formula is C18H33BrF2O2Si2. The van der Waals surface area contributed by atoms with E-state index < -0.39 is 34.0 Å². The third-order valence-electron chi connectivity index (χ3n) is 5.10. The molecule has 0 spiro atoms. The molecule has 2 nitrogen and oxygen atoms in total. The minimum absolute atomic E-state index is 0.264. The van der Waals surface area contributed by atoms with Gasteiger partial charge in [0.1, 0.15) is 0 Å². The third-order valence-corrected chi connectivity index (χ3v) is 16.9. The van der Waals surface area contributed by atoms with Crippen LogP contribution in [0.25, 0.3) is 0 Å². The van der Waals surface area contributed by atoms with Crippen LogP contribution in [-0.4, -0.2) is 21.7 Å². The van der Waals surface area contributed by atoms with E-state index in [9.17, 15) is 8.78 Å². The van der Waals surface area contributed by atoms with E-state index in [1.165, 1.54) is 0 Å². The zero-order valence-electron chi connectivity index (χ0n) is 17.1. The lowest BCUT2D eigenvalue weighted by molar-refractivity contribution is 0.396. The van der Waals surface area contributed by atoms with Gasteiger partial charge in [0, 0.05) is 4.47 Å². The minimum atomic E-state index is -1.59. The first-order valence-corrected chi connectivity index (χ1v) is 15.0. The maximum atomic E-state index is 12.3. The van der Waals surface area contributed by atoms with Gasteiger partial charge in [-0.3, -0.25) is 0 Å². The number of halogens is 3. The molecule has 0 aliphatic rings. The fourth-order valence-electron chi connectivity index (χ4n) is 1.48. The summed E-state index contributed by atoms with van der Waals surface area (Å²) >= 11 is 2.86. The highest BCUT2D eigenvalue weighted by Crippen LogP contribution is 2.44. The van der Waals surface area contributed by atoms with E-state index >= 15 is 0 Å². The van der Waals surface area contributed by atoms with Crippen molar-refractivity contribution in [2.45, 2.75) is 77.8 Å². The summed E-state index contributed by atoms with van der Waals surface area (Å²) in [7, 11) is -3.18. The topological polar surface area (TPSA) is 29.5 Å². The number of benzene rings is 1. The van der Waals surface area contributed by atoms with Crippen LogP contribution in [0.15, 0.2) is 16.6 Å². The molecule has 25 heavy (non-hydrogen) atoms. The number of phenolic OH excluding ortho intramolecular Hbond substituents is 1. The molecule has 0 amide bonds. The van der Waals surface area contributed by atoms with Crippen molar-refractivity contribution in [2.24, 2.45) is 0 Å². The second-order valence-corrected chi connectivity index (χ2v) is 20.1. The van der Waals surface area contributed by atoms with Crippen molar-refractivity contribution in [1.82, 2.24) is 0 Å². The van der Waals surface area contributed by atoms with Crippen LogP contribution in [0.3, 0.4) is 0 Å². The zero-order valence-corrected chi connectivity index (χ0v) is 20.7. The summed E-state index contributed by atoms with van der Waals surface area (Å²) in [5, 5.41) is 9.20. The second-order valence-electron chi connectivity index (χ2n) is 9.34. The maximum Gasteiger partial charge on any atom is 0.187 e. The van der Waals surface area contributed by atoms with Crippen LogP contribution in [-0.2, 0) is 4.12 Å². The van der Waals surface area contributed by atoms with Crippen LogP contribution >= 0.6 is 15.9 Å². The van der Waals surface area contributed by atoms with Crippen molar-refractivity contribution in [3.05, 3.63) is 28.2 Å². The molecule has 0 aromatic heterocycles. The van der Waals surface area contributed by atoms with Crippen LogP contribution in [0.1, 0.15) is 41.5 Å². The SMILES string of the molecule is CC(C)(C)[Si](C)(C)O[Si](C)(C)C(C)(C)C.Oc1c(F)cc(Br)cc1F. The average molecular weight is 456 g/mol. The number of aromatic hydroxyl groups is 1. The molecule has 0 radical (unpaired) electrons. The first kappa shape index (κ1) is 24.8. The van der Waals surface area contributed by atoms with Crippen molar-refractivity contribution in [3.8, 4) is 5.75 Å². The molecule has 1 aromatic carbocycles. The first-order valence-electron chi connectivity index (χ1n) is 8.35. The number of hydrogen-bond acceptors (Lipinski definition) is 2. The predicted octanol–water partition coefficient (Wildman–Crippen LogP) is 7.45. The van der Waals surface area contributed by atoms with Gasteiger partial charge in [-0.1, -0.05) is 57.5 Å². The molecule has 1 aromatic rings. The van der Waals surface area contributed by atoms with Gasteiger partial charge in [0.25, 0.3) is 0 Å². The van der Waals surface area contributed by atoms with Crippen LogP contribution in [0.5, 0.6) is 5.75 Å². The molecule has 0 heterocycles. The van der Waals surface area contributed by atoms with Crippen molar-refractivity contribution in [1.29, 1.82) is 0 Å². The highest BCUT2D eigenvalue weighted by molar-refractivity contribution is 9.10. The van der Waals surface area contributed by atoms with Crippen molar-refractivity contribution in [3.63, 3.8) is 0 Å². The lowest BCUT2D eigenvalue weighted by Gasteiger charge is -2.47. The Morgan fingerprint density at radius 3 is 1.36 bits per heavy atom. The van der Waals surface area contributed by atoms with Gasteiger partial charge in [0.2, 0.25) is 0 Å². The highest BCUT2D eigenvalue weighted by Gasteiger charge is 2.46. The summed E-state index contributed by atoms with van der Waals surface area (Å²) in [5.41, 5.74) is 0. The fourth-order valence-corrected chi connectivity index (χ4v) is 9.43. The van der Waals surface area contributed by atoms with Gasteiger partial charge in [-0.05, 0) is 48.4 Å². The third kappa shape index (κ3) is 7.11. The van der Waals surface area contributed by atoms with Crippen LogP contribution in [0.4, 0.5) is 8.78 Å². The van der Waals surface area contributed by atoms with Gasteiger partial charge in [-0.15, -0.1) is 0 Å². The van der Waals surface area contributed by atoms with Crippen LogP contribution in [0, 0.1) is 11.6 Å². The Bertz CT molecular complexity index is 545. The molecule has 0 fully saturated rings. The lowest BCUT2D eigenvalue weighted by Crippen LogP contribution is -2.53. The Hall–Kier alpha value is -0.246. The fraction of sp³-hybridized carbons (Fsp3) is 0.667. The number of hydrogen-bond donors (Lipinski definition) is 1. The molecule has 1 rings (SSSR count). The Morgan fingerprint density at radius 2 is 1.12 bits per heavy atom. The molecule has 0 aliphatic heterocycles. The first-order chi connectivity index (χ1) is 10.8. The minimum Gasteiger partial charge on any atom is -0.503 e. The van der Waals surface area contributed by atoms with Crippen LogP contribution in [0.2, 0.25) is 36.3 Å². The van der Waals surface area contributed by atoms with Crippen molar-refractivity contribution < 1.29 is 18.0 Å². The molecule has 1 N–H and O–H groups in total. The molecule has 0 saturated heterocycles. The van der Waals surface area contributed by atoms with Gasteiger partial charge in [0.05, 0.1) is 0 Å². The van der Waals surface area contributed by atoms with Crippen molar-refractivity contribution in [2.75, 3.05) is 0 Å². The summed E-state index contributed by atoms with van der Waals surface area (Å²) in [4.78, 5) is 0. The van der Waals surface area contributed by atoms with Gasteiger partial charge >= 0.3 is 0 Å². The Labute approximate surface area is 162 Å². The van der Waals surface area contributed by atoms with Crippen LogP contribution < -0.4 is 0 Å². The highest BCUT2D eigenvalue weighted by atomic mass is 79.9. The smallest absolute Gasteiger partial charge is 0.187 e. The van der Waals surface area contributed by atoms with Gasteiger partial charge in [-0.2, -0.15) is 0 Å².